The zero-order valence-electron chi connectivity index (χ0n) is 10.8. The van der Waals surface area contributed by atoms with Gasteiger partial charge < -0.3 is 10.1 Å². The Bertz CT molecular complexity index is 400. The summed E-state index contributed by atoms with van der Waals surface area (Å²) in [5, 5.41) is 4.20. The molecule has 1 fully saturated rings. The molecule has 1 aromatic rings. The minimum atomic E-state index is 0.499. The van der Waals surface area contributed by atoms with Crippen molar-refractivity contribution in [1.82, 2.24) is 16.2 Å². The lowest BCUT2D eigenvalue weighted by Crippen LogP contribution is -2.32. The van der Waals surface area contributed by atoms with E-state index >= 15 is 0 Å². The third kappa shape index (κ3) is 3.36. The second kappa shape index (κ2) is 6.38. The first-order chi connectivity index (χ1) is 8.70. The lowest BCUT2D eigenvalue weighted by atomic mass is 10.0. The minimum absolute atomic E-state index is 0.499. The number of hydrogen-bond donors (Lipinski definition) is 3. The summed E-state index contributed by atoms with van der Waals surface area (Å²) >= 11 is 6.00. The second-order valence-electron chi connectivity index (χ2n) is 4.66. The Balaban J connectivity index is 1.87. The highest BCUT2D eigenvalue weighted by atomic mass is 35.5. The van der Waals surface area contributed by atoms with E-state index in [0.29, 0.717) is 12.0 Å². The van der Waals surface area contributed by atoms with Gasteiger partial charge in [0.2, 0.25) is 0 Å². The van der Waals surface area contributed by atoms with Crippen LogP contribution in [-0.4, -0.2) is 26.2 Å². The molecule has 0 aromatic heterocycles. The Morgan fingerprint density at radius 2 is 2.33 bits per heavy atom. The van der Waals surface area contributed by atoms with Gasteiger partial charge in [-0.3, -0.25) is 10.9 Å². The van der Waals surface area contributed by atoms with Crippen molar-refractivity contribution in [2.45, 2.75) is 19.5 Å². The number of rotatable bonds is 5. The van der Waals surface area contributed by atoms with E-state index in [0.717, 1.165) is 36.0 Å². The van der Waals surface area contributed by atoms with Gasteiger partial charge in [0, 0.05) is 42.2 Å². The number of hydrogen-bond acceptors (Lipinski definition) is 4. The molecule has 1 aliphatic heterocycles. The molecule has 18 heavy (non-hydrogen) atoms. The van der Waals surface area contributed by atoms with Gasteiger partial charge in [-0.15, -0.1) is 0 Å². The van der Waals surface area contributed by atoms with Crippen molar-refractivity contribution in [2.24, 2.45) is 5.92 Å². The van der Waals surface area contributed by atoms with Gasteiger partial charge in [-0.25, -0.2) is 0 Å². The average Bonchev–Trinajstić information content (AvgIpc) is 2.76. The van der Waals surface area contributed by atoms with Gasteiger partial charge in [0.05, 0.1) is 7.11 Å². The predicted octanol–water partition coefficient (Wildman–Crippen LogP) is 1.55. The summed E-state index contributed by atoms with van der Waals surface area (Å²) in [5.74, 6) is 1.48. The molecule has 4 nitrogen and oxygen atoms in total. The Morgan fingerprint density at radius 1 is 1.50 bits per heavy atom. The Morgan fingerprint density at radius 3 is 3.00 bits per heavy atom. The van der Waals surface area contributed by atoms with Gasteiger partial charge in [-0.2, -0.15) is 0 Å². The van der Waals surface area contributed by atoms with Crippen molar-refractivity contribution in [2.75, 3.05) is 20.2 Å². The van der Waals surface area contributed by atoms with Crippen LogP contribution < -0.4 is 20.9 Å². The van der Waals surface area contributed by atoms with Gasteiger partial charge in [-0.05, 0) is 25.1 Å². The largest absolute Gasteiger partial charge is 0.496 e. The van der Waals surface area contributed by atoms with E-state index in [4.69, 9.17) is 16.3 Å². The number of halogens is 1. The van der Waals surface area contributed by atoms with E-state index in [1.54, 1.807) is 7.11 Å². The third-order valence-corrected chi connectivity index (χ3v) is 3.60. The second-order valence-corrected chi connectivity index (χ2v) is 5.10. The van der Waals surface area contributed by atoms with E-state index in [-0.39, 0.29) is 0 Å². The van der Waals surface area contributed by atoms with Gasteiger partial charge in [0.1, 0.15) is 5.75 Å². The van der Waals surface area contributed by atoms with E-state index < -0.39 is 0 Å². The molecule has 1 saturated heterocycles. The summed E-state index contributed by atoms with van der Waals surface area (Å²) in [5.41, 5.74) is 7.47. The lowest BCUT2D eigenvalue weighted by molar-refractivity contribution is 0.404. The standard InChI is InChI=1S/C13H20ClN3O/c1-9-11(8-16-17-9)7-15-6-10-5-12(14)3-4-13(10)18-2/h3-5,9,11,15-17H,6-8H2,1-2H3. The maximum atomic E-state index is 6.00. The van der Waals surface area contributed by atoms with E-state index in [1.807, 2.05) is 18.2 Å². The van der Waals surface area contributed by atoms with Crippen molar-refractivity contribution in [1.29, 1.82) is 0 Å². The molecular weight excluding hydrogens is 250 g/mol. The molecule has 100 valence electrons. The van der Waals surface area contributed by atoms with Crippen LogP contribution in [0.1, 0.15) is 12.5 Å². The lowest BCUT2D eigenvalue weighted by Gasteiger charge is -2.15. The van der Waals surface area contributed by atoms with Crippen LogP contribution >= 0.6 is 11.6 Å². The Hall–Kier alpha value is -0.810. The van der Waals surface area contributed by atoms with Crippen molar-refractivity contribution >= 4 is 11.6 Å². The van der Waals surface area contributed by atoms with Crippen LogP contribution in [0.3, 0.4) is 0 Å². The number of nitrogens with one attached hydrogen (secondary N) is 3. The minimum Gasteiger partial charge on any atom is -0.496 e. The third-order valence-electron chi connectivity index (χ3n) is 3.37. The topological polar surface area (TPSA) is 45.3 Å². The molecule has 1 aromatic carbocycles. The van der Waals surface area contributed by atoms with E-state index in [1.165, 1.54) is 0 Å². The summed E-state index contributed by atoms with van der Waals surface area (Å²) in [7, 11) is 1.68. The highest BCUT2D eigenvalue weighted by molar-refractivity contribution is 6.30. The molecule has 1 heterocycles. The molecule has 1 aliphatic rings. The average molecular weight is 270 g/mol. The normalized spacial score (nSPS) is 23.3. The number of hydrazine groups is 1. The first-order valence-corrected chi connectivity index (χ1v) is 6.60. The van der Waals surface area contributed by atoms with Gasteiger partial charge in [0.15, 0.2) is 0 Å². The van der Waals surface area contributed by atoms with Crippen LogP contribution in [0, 0.1) is 5.92 Å². The molecule has 0 amide bonds. The quantitative estimate of drug-likeness (QED) is 0.759. The fourth-order valence-electron chi connectivity index (χ4n) is 2.17. The summed E-state index contributed by atoms with van der Waals surface area (Å²) in [6.07, 6.45) is 0. The molecular formula is C13H20ClN3O. The molecule has 0 radical (unpaired) electrons. The predicted molar refractivity (Wildman–Crippen MR) is 73.8 cm³/mol. The molecule has 0 aliphatic carbocycles. The highest BCUT2D eigenvalue weighted by Crippen LogP contribution is 2.22. The monoisotopic (exact) mass is 269 g/mol. The van der Waals surface area contributed by atoms with Crippen molar-refractivity contribution < 1.29 is 4.74 Å². The number of methoxy groups -OCH3 is 1. The van der Waals surface area contributed by atoms with E-state index in [9.17, 15) is 0 Å². The summed E-state index contributed by atoms with van der Waals surface area (Å²) in [6, 6.07) is 6.19. The highest BCUT2D eigenvalue weighted by Gasteiger charge is 2.21. The van der Waals surface area contributed by atoms with Crippen molar-refractivity contribution in [3.05, 3.63) is 28.8 Å². The zero-order chi connectivity index (χ0) is 13.0. The maximum Gasteiger partial charge on any atom is 0.123 e. The van der Waals surface area contributed by atoms with Crippen LogP contribution in [0.2, 0.25) is 5.02 Å². The molecule has 3 N–H and O–H groups in total. The van der Waals surface area contributed by atoms with Crippen LogP contribution in [-0.2, 0) is 6.54 Å². The van der Waals surface area contributed by atoms with Crippen LogP contribution in [0.15, 0.2) is 18.2 Å². The maximum absolute atomic E-state index is 6.00. The van der Waals surface area contributed by atoms with Crippen LogP contribution in [0.4, 0.5) is 0 Å². The first-order valence-electron chi connectivity index (χ1n) is 6.22. The Kier molecular flexibility index (Phi) is 4.83. The summed E-state index contributed by atoms with van der Waals surface area (Å²) < 4.78 is 5.32. The molecule has 5 heteroatoms. The van der Waals surface area contributed by atoms with Crippen molar-refractivity contribution in [3.63, 3.8) is 0 Å². The Labute approximate surface area is 113 Å². The first kappa shape index (κ1) is 13.6. The summed E-state index contributed by atoms with van der Waals surface area (Å²) in [4.78, 5) is 0. The smallest absolute Gasteiger partial charge is 0.123 e. The van der Waals surface area contributed by atoms with Crippen LogP contribution in [0.25, 0.3) is 0 Å². The molecule has 2 rings (SSSR count). The van der Waals surface area contributed by atoms with Crippen molar-refractivity contribution in [3.8, 4) is 5.75 Å². The molecule has 0 bridgehead atoms. The zero-order valence-corrected chi connectivity index (χ0v) is 11.6. The number of benzene rings is 1. The molecule has 0 saturated carbocycles. The van der Waals surface area contributed by atoms with Gasteiger partial charge >= 0.3 is 0 Å². The molecule has 0 spiro atoms. The van der Waals surface area contributed by atoms with Crippen LogP contribution in [0.5, 0.6) is 5.75 Å². The SMILES string of the molecule is COc1ccc(Cl)cc1CNCC1CNNC1C. The van der Waals surface area contributed by atoms with Gasteiger partial charge in [0.25, 0.3) is 0 Å². The molecule has 2 unspecified atom stereocenters. The van der Waals surface area contributed by atoms with E-state index in [2.05, 4.69) is 23.1 Å². The number of ether oxygens (including phenoxy) is 1. The molecule has 2 atom stereocenters. The fourth-order valence-corrected chi connectivity index (χ4v) is 2.37. The fraction of sp³-hybridized carbons (Fsp3) is 0.538. The van der Waals surface area contributed by atoms with Gasteiger partial charge in [-0.1, -0.05) is 11.6 Å². The summed E-state index contributed by atoms with van der Waals surface area (Å²) in [6.45, 7) is 4.93.